The van der Waals surface area contributed by atoms with Crippen molar-refractivity contribution in [3.8, 4) is 0 Å². The molecule has 0 atom stereocenters. The van der Waals surface area contributed by atoms with Gasteiger partial charge in [-0.05, 0) is 0 Å². The number of allylic oxidation sites excluding steroid dienone is 1. The predicted octanol–water partition coefficient (Wildman–Crippen LogP) is 3.09. The number of carbonyl (C=O) groups is 1. The number of hydrogen-bond donors (Lipinski definition) is 0. The molecule has 0 aliphatic rings. The Hall–Kier alpha value is -1.07. The van der Waals surface area contributed by atoms with Crippen molar-refractivity contribution in [2.24, 2.45) is 0 Å². The molecule has 1 aromatic heterocycles. The number of thiophene rings is 1. The van der Waals surface area contributed by atoms with Crippen molar-refractivity contribution in [1.29, 1.82) is 0 Å². The number of ketones is 1. The maximum atomic E-state index is 12.1. The van der Waals surface area contributed by atoms with Crippen molar-refractivity contribution in [2.75, 3.05) is 19.0 Å². The number of anilines is 1. The molecule has 0 amide bonds. The SMILES string of the molecule is [CH3][Sn][c]1ccc(C(=O)/C=C/c2ccc(N(C)C)cc2)s1. The van der Waals surface area contributed by atoms with Gasteiger partial charge in [0.25, 0.3) is 0 Å². The Morgan fingerprint density at radius 1 is 1.15 bits per heavy atom. The summed E-state index contributed by atoms with van der Waals surface area (Å²) in [6, 6.07) is 12.2. The van der Waals surface area contributed by atoms with Gasteiger partial charge in [0.15, 0.2) is 0 Å². The van der Waals surface area contributed by atoms with E-state index in [4.69, 9.17) is 0 Å². The van der Waals surface area contributed by atoms with Crippen molar-refractivity contribution in [3.63, 3.8) is 0 Å². The van der Waals surface area contributed by atoms with Gasteiger partial charge in [0.1, 0.15) is 0 Å². The number of nitrogens with zero attached hydrogens (tertiary/aromatic N) is 1. The summed E-state index contributed by atoms with van der Waals surface area (Å²) in [5.41, 5.74) is 2.21. The summed E-state index contributed by atoms with van der Waals surface area (Å²) >= 11 is 1.24. The van der Waals surface area contributed by atoms with E-state index in [-0.39, 0.29) is 5.78 Å². The molecule has 1 aromatic carbocycles. The van der Waals surface area contributed by atoms with Crippen LogP contribution in [0.4, 0.5) is 5.69 Å². The number of benzene rings is 1. The van der Waals surface area contributed by atoms with Crippen LogP contribution in [0.15, 0.2) is 42.5 Å². The molecular formula is C16H17NOSSn. The first-order chi connectivity index (χ1) is 9.60. The minimum atomic E-state index is -0.415. The van der Waals surface area contributed by atoms with Crippen molar-refractivity contribution < 1.29 is 4.79 Å². The Balaban J connectivity index is 2.06. The Morgan fingerprint density at radius 2 is 1.85 bits per heavy atom. The standard InChI is InChI=1S/C15H14NOS.CH3.Sn/c1-16(2)13-8-5-12(6-9-13)7-10-14(17)15-4-3-11-18-15;;/h3-10H,1-2H3;1H3;/b10-7+;;. The van der Waals surface area contributed by atoms with Gasteiger partial charge >= 0.3 is 135 Å². The normalized spacial score (nSPS) is 10.9. The summed E-state index contributed by atoms with van der Waals surface area (Å²) in [5, 5.41) is 0. The van der Waals surface area contributed by atoms with Crippen LogP contribution in [-0.4, -0.2) is 41.0 Å². The molecule has 0 saturated heterocycles. The van der Waals surface area contributed by atoms with Gasteiger partial charge in [0.2, 0.25) is 0 Å². The molecule has 4 heteroatoms. The Labute approximate surface area is 134 Å². The Bertz CT molecular complexity index is 614. The molecular weight excluding hydrogens is 373 g/mol. The van der Waals surface area contributed by atoms with Gasteiger partial charge in [-0.3, -0.25) is 0 Å². The number of carbonyl (C=O) groups excluding carboxylic acids is 1. The average molecular weight is 390 g/mol. The van der Waals surface area contributed by atoms with Crippen LogP contribution in [0.3, 0.4) is 0 Å². The Kier molecular flexibility index (Phi) is 5.43. The quantitative estimate of drug-likeness (QED) is 0.445. The second-order valence-electron chi connectivity index (χ2n) is 4.60. The third kappa shape index (κ3) is 3.96. The van der Waals surface area contributed by atoms with Crippen molar-refractivity contribution >= 4 is 52.9 Å². The molecule has 0 saturated carbocycles. The second-order valence-corrected chi connectivity index (χ2v) is 9.68. The van der Waals surface area contributed by atoms with E-state index in [1.54, 1.807) is 17.4 Å². The maximum absolute atomic E-state index is 12.1. The average Bonchev–Trinajstić information content (AvgIpc) is 2.94. The minimum absolute atomic E-state index is 0.103. The van der Waals surface area contributed by atoms with Gasteiger partial charge in [0.05, 0.1) is 0 Å². The van der Waals surface area contributed by atoms with E-state index in [2.05, 4.69) is 28.0 Å². The van der Waals surface area contributed by atoms with Crippen LogP contribution in [0, 0.1) is 0 Å². The fraction of sp³-hybridized carbons (Fsp3) is 0.188. The molecule has 0 bridgehead atoms. The molecule has 2 rings (SSSR count). The van der Waals surface area contributed by atoms with Crippen molar-refractivity contribution in [3.05, 3.63) is 52.9 Å². The fourth-order valence-corrected chi connectivity index (χ4v) is 5.05. The van der Waals surface area contributed by atoms with E-state index in [1.807, 2.05) is 38.4 Å². The number of hydrogen-bond acceptors (Lipinski definition) is 3. The zero-order valence-electron chi connectivity index (χ0n) is 11.9. The van der Waals surface area contributed by atoms with Crippen LogP contribution >= 0.6 is 11.3 Å². The van der Waals surface area contributed by atoms with E-state index in [9.17, 15) is 4.79 Å². The molecule has 2 aromatic rings. The van der Waals surface area contributed by atoms with Crippen LogP contribution in [0.25, 0.3) is 6.08 Å². The van der Waals surface area contributed by atoms with Gasteiger partial charge in [0, 0.05) is 0 Å². The van der Waals surface area contributed by atoms with E-state index >= 15 is 0 Å². The fourth-order valence-electron chi connectivity index (χ4n) is 1.74. The topological polar surface area (TPSA) is 20.3 Å². The van der Waals surface area contributed by atoms with Gasteiger partial charge < -0.3 is 0 Å². The first kappa shape index (κ1) is 15.3. The monoisotopic (exact) mass is 391 g/mol. The molecule has 0 spiro atoms. The molecule has 102 valence electrons. The van der Waals surface area contributed by atoms with Crippen LogP contribution < -0.4 is 7.79 Å². The Morgan fingerprint density at radius 3 is 2.40 bits per heavy atom. The second kappa shape index (κ2) is 7.09. The third-order valence-corrected chi connectivity index (χ3v) is 7.97. The summed E-state index contributed by atoms with van der Waals surface area (Å²) in [6.07, 6.45) is 3.55. The van der Waals surface area contributed by atoms with Crippen LogP contribution in [0.1, 0.15) is 15.2 Å². The van der Waals surface area contributed by atoms with Crippen molar-refractivity contribution in [2.45, 2.75) is 4.94 Å². The molecule has 0 fully saturated rings. The summed E-state index contributed by atoms with van der Waals surface area (Å²) in [6.45, 7) is 0. The van der Waals surface area contributed by atoms with Crippen molar-refractivity contribution in [1.82, 2.24) is 0 Å². The molecule has 2 radical (unpaired) electrons. The zero-order valence-corrected chi connectivity index (χ0v) is 15.6. The molecule has 0 N–H and O–H groups in total. The van der Waals surface area contributed by atoms with Gasteiger partial charge in [-0.1, -0.05) is 0 Å². The van der Waals surface area contributed by atoms with Gasteiger partial charge in [-0.25, -0.2) is 0 Å². The predicted molar refractivity (Wildman–Crippen MR) is 89.7 cm³/mol. The van der Waals surface area contributed by atoms with Crippen LogP contribution in [0.2, 0.25) is 4.94 Å². The molecule has 0 aliphatic carbocycles. The summed E-state index contributed by atoms with van der Waals surface area (Å²) in [4.78, 5) is 17.2. The summed E-state index contributed by atoms with van der Waals surface area (Å²) in [5.74, 6) is 0.103. The first-order valence-electron chi connectivity index (χ1n) is 6.37. The number of rotatable bonds is 5. The molecule has 2 nitrogen and oxygen atoms in total. The van der Waals surface area contributed by atoms with Crippen LogP contribution in [0.5, 0.6) is 0 Å². The molecule has 0 unspecified atom stereocenters. The summed E-state index contributed by atoms with van der Waals surface area (Å²) in [7, 11) is 4.03. The van der Waals surface area contributed by atoms with Gasteiger partial charge in [-0.2, -0.15) is 0 Å². The molecule has 0 aliphatic heterocycles. The van der Waals surface area contributed by atoms with E-state index in [0.717, 1.165) is 16.1 Å². The molecule has 20 heavy (non-hydrogen) atoms. The molecule has 1 heterocycles. The van der Waals surface area contributed by atoms with E-state index in [1.165, 1.54) is 2.89 Å². The van der Waals surface area contributed by atoms with E-state index < -0.39 is 21.1 Å². The van der Waals surface area contributed by atoms with Gasteiger partial charge in [-0.15, -0.1) is 0 Å². The third-order valence-electron chi connectivity index (χ3n) is 2.93. The first-order valence-corrected chi connectivity index (χ1v) is 11.5. The summed E-state index contributed by atoms with van der Waals surface area (Å²) < 4.78 is 1.42. The zero-order chi connectivity index (χ0) is 14.5. The van der Waals surface area contributed by atoms with Crippen LogP contribution in [-0.2, 0) is 0 Å². The van der Waals surface area contributed by atoms with E-state index in [0.29, 0.717) is 0 Å².